The lowest BCUT2D eigenvalue weighted by molar-refractivity contribution is -0.147. The van der Waals surface area contributed by atoms with Crippen LogP contribution in [0.5, 0.6) is 0 Å². The molecule has 4 aromatic rings. The molecule has 4 heterocycles. The summed E-state index contributed by atoms with van der Waals surface area (Å²) >= 11 is 0. The molecule has 4 fully saturated rings. The van der Waals surface area contributed by atoms with Gasteiger partial charge in [0.15, 0.2) is 0 Å². The molecular weight excluding hydrogens is 853 g/mol. The molecule has 16 nitrogen and oxygen atoms in total. The van der Waals surface area contributed by atoms with Crippen molar-refractivity contribution in [2.75, 3.05) is 13.1 Å². The standard InChI is InChI=1S/C51H62N8O8/c1-31-30-57(45(62)29-33-15-13-32(14-16-33)27-34-17-20-39-42(28-34)56(2)51(67)59(39)41-22-24-44(61)54-49(41)65)26-25-37-18-21-40(58(37)50(31)66)48(64)53-38(19-23-43(52)60)47(63)55-46(35-9-5-3-6-10-35)36-11-7-4-8-12-36/h3-12,17,20,28,31-33,37-38,40-41,46H,13-16,18-19,21-27,29-30H2,1-2H3,(H2,52,60)(H,53,64)(H,55,63)(H,54,61,65)/t31-,32-,33+,37+,38-,40-,41?/m0/s1. The van der Waals surface area contributed by atoms with E-state index in [0.29, 0.717) is 43.7 Å². The van der Waals surface area contributed by atoms with Crippen LogP contribution in [-0.4, -0.2) is 91.5 Å². The van der Waals surface area contributed by atoms with Crippen LogP contribution in [0.2, 0.25) is 0 Å². The third-order valence-corrected chi connectivity index (χ3v) is 14.6. The number of fused-ring (bicyclic) bond motifs is 2. The number of nitrogens with zero attached hydrogens (tertiary/aromatic N) is 4. The lowest BCUT2D eigenvalue weighted by atomic mass is 9.78. The Morgan fingerprint density at radius 2 is 1.46 bits per heavy atom. The molecule has 1 saturated carbocycles. The average molecular weight is 915 g/mol. The van der Waals surface area contributed by atoms with Crippen LogP contribution in [0.15, 0.2) is 83.7 Å². The second-order valence-electron chi connectivity index (χ2n) is 19.1. The van der Waals surface area contributed by atoms with Gasteiger partial charge >= 0.3 is 5.69 Å². The number of carbonyl (C=O) groups is 7. The van der Waals surface area contributed by atoms with E-state index in [9.17, 15) is 38.4 Å². The van der Waals surface area contributed by atoms with Gasteiger partial charge in [-0.2, -0.15) is 0 Å². The van der Waals surface area contributed by atoms with Crippen molar-refractivity contribution in [3.8, 4) is 0 Å². The van der Waals surface area contributed by atoms with E-state index in [1.54, 1.807) is 23.4 Å². The summed E-state index contributed by atoms with van der Waals surface area (Å²) in [6, 6.07) is 21.5. The summed E-state index contributed by atoms with van der Waals surface area (Å²) in [5.74, 6) is -2.34. The summed E-state index contributed by atoms with van der Waals surface area (Å²) in [6.45, 7) is 2.53. The van der Waals surface area contributed by atoms with Crippen molar-refractivity contribution in [2.45, 2.75) is 121 Å². The van der Waals surface area contributed by atoms with Gasteiger partial charge in [-0.3, -0.25) is 48.0 Å². The Morgan fingerprint density at radius 3 is 2.12 bits per heavy atom. The molecule has 4 aliphatic rings. The lowest BCUT2D eigenvalue weighted by Crippen LogP contribution is -2.57. The van der Waals surface area contributed by atoms with Crippen LogP contribution < -0.4 is 27.4 Å². The number of aromatic nitrogens is 2. The summed E-state index contributed by atoms with van der Waals surface area (Å²) in [5.41, 5.74) is 9.43. The van der Waals surface area contributed by atoms with E-state index >= 15 is 0 Å². The quantitative estimate of drug-likeness (QED) is 0.136. The van der Waals surface area contributed by atoms with Crippen molar-refractivity contribution in [3.05, 3.63) is 106 Å². The first-order valence-electron chi connectivity index (χ1n) is 23.9. The van der Waals surface area contributed by atoms with Gasteiger partial charge < -0.3 is 26.2 Å². The molecule has 1 aromatic heterocycles. The van der Waals surface area contributed by atoms with Gasteiger partial charge in [-0.15, -0.1) is 0 Å². The maximum Gasteiger partial charge on any atom is 0.329 e. The van der Waals surface area contributed by atoms with Crippen LogP contribution in [0.1, 0.15) is 113 Å². The molecule has 354 valence electrons. The normalized spacial score (nSPS) is 23.8. The Morgan fingerprint density at radius 1 is 0.791 bits per heavy atom. The van der Waals surface area contributed by atoms with Gasteiger partial charge in [-0.05, 0) is 105 Å². The lowest BCUT2D eigenvalue weighted by Gasteiger charge is -2.38. The van der Waals surface area contributed by atoms with E-state index in [1.807, 2.05) is 83.8 Å². The van der Waals surface area contributed by atoms with Crippen LogP contribution >= 0.6 is 0 Å². The van der Waals surface area contributed by atoms with E-state index in [-0.39, 0.29) is 67.6 Å². The molecule has 0 radical (unpaired) electrons. The number of nitrogens with one attached hydrogen (secondary N) is 3. The minimum absolute atomic E-state index is 0.00725. The minimum Gasteiger partial charge on any atom is -0.370 e. The molecule has 16 heteroatoms. The Hall–Kier alpha value is -6.58. The van der Waals surface area contributed by atoms with Gasteiger partial charge in [0.2, 0.25) is 41.4 Å². The van der Waals surface area contributed by atoms with Crippen LogP contribution in [0.4, 0.5) is 0 Å². The molecule has 7 amide bonds. The number of carbonyl (C=O) groups excluding carboxylic acids is 7. The number of imidazole rings is 1. The average Bonchev–Trinajstić information content (AvgIpc) is 3.85. The zero-order chi connectivity index (χ0) is 47.4. The van der Waals surface area contributed by atoms with E-state index in [4.69, 9.17) is 5.73 Å². The van der Waals surface area contributed by atoms with Crippen molar-refractivity contribution >= 4 is 52.4 Å². The topological polar surface area (TPSA) is 215 Å². The zero-order valence-corrected chi connectivity index (χ0v) is 38.4. The number of hydrogen-bond acceptors (Lipinski definition) is 8. The highest BCUT2D eigenvalue weighted by molar-refractivity contribution is 6.00. The Balaban J connectivity index is 0.847. The van der Waals surface area contributed by atoms with Crippen molar-refractivity contribution in [1.82, 2.24) is 34.9 Å². The first-order valence-corrected chi connectivity index (χ1v) is 23.9. The number of rotatable bonds is 14. The summed E-state index contributed by atoms with van der Waals surface area (Å²) in [5, 5.41) is 8.33. The number of hydrogen-bond donors (Lipinski definition) is 4. The summed E-state index contributed by atoms with van der Waals surface area (Å²) in [7, 11) is 1.70. The Kier molecular flexibility index (Phi) is 14.4. The highest BCUT2D eigenvalue weighted by atomic mass is 16.2. The monoisotopic (exact) mass is 914 g/mol. The molecular formula is C51H62N8O8. The smallest absolute Gasteiger partial charge is 0.329 e. The fourth-order valence-electron chi connectivity index (χ4n) is 10.9. The molecule has 67 heavy (non-hydrogen) atoms. The maximum absolute atomic E-state index is 14.2. The van der Waals surface area contributed by atoms with Crippen LogP contribution in [0.3, 0.4) is 0 Å². The van der Waals surface area contributed by atoms with E-state index in [1.165, 1.54) is 4.57 Å². The number of primary amides is 1. The first kappa shape index (κ1) is 46.9. The molecule has 5 N–H and O–H groups in total. The van der Waals surface area contributed by atoms with Crippen molar-refractivity contribution in [3.63, 3.8) is 0 Å². The summed E-state index contributed by atoms with van der Waals surface area (Å²) in [4.78, 5) is 109. The third kappa shape index (κ3) is 10.5. The van der Waals surface area contributed by atoms with Gasteiger partial charge in [-0.25, -0.2) is 4.79 Å². The van der Waals surface area contributed by atoms with Crippen molar-refractivity contribution in [2.24, 2.45) is 30.5 Å². The number of aryl methyl sites for hydroxylation is 1. The van der Waals surface area contributed by atoms with Gasteiger partial charge in [0, 0.05) is 45.4 Å². The SMILES string of the molecule is C[C@H]1CN(C(=O)C[C@H]2CC[C@@H](Cc3ccc4c(c3)n(C)c(=O)n4C3CCC(=O)NC3=O)CC2)CC[C@H]2CC[C@@H](C(=O)N[C@@H](CCC(N)=O)C(=O)NC(c3ccccc3)c3ccccc3)N2C1=O. The maximum atomic E-state index is 14.2. The number of imide groups is 1. The second-order valence-corrected chi connectivity index (χ2v) is 19.1. The molecule has 3 saturated heterocycles. The van der Waals surface area contributed by atoms with Crippen molar-refractivity contribution in [1.29, 1.82) is 0 Å². The van der Waals surface area contributed by atoms with Crippen LogP contribution in [0.25, 0.3) is 11.0 Å². The van der Waals surface area contributed by atoms with E-state index < -0.39 is 53.7 Å². The van der Waals surface area contributed by atoms with Gasteiger partial charge in [0.1, 0.15) is 18.1 Å². The van der Waals surface area contributed by atoms with Gasteiger partial charge in [0.25, 0.3) is 0 Å². The summed E-state index contributed by atoms with van der Waals surface area (Å²) in [6.07, 6.45) is 6.88. The van der Waals surface area contributed by atoms with Gasteiger partial charge in [0.05, 0.1) is 23.0 Å². The van der Waals surface area contributed by atoms with E-state index in [0.717, 1.165) is 54.3 Å². The molecule has 8 rings (SSSR count). The molecule has 3 aliphatic heterocycles. The highest BCUT2D eigenvalue weighted by Gasteiger charge is 2.45. The number of nitrogens with two attached hydrogens (primary N) is 1. The largest absolute Gasteiger partial charge is 0.370 e. The molecule has 0 bridgehead atoms. The fraction of sp³-hybridized carbons (Fsp3) is 0.490. The predicted octanol–water partition coefficient (Wildman–Crippen LogP) is 3.94. The van der Waals surface area contributed by atoms with Crippen LogP contribution in [0, 0.1) is 17.8 Å². The summed E-state index contributed by atoms with van der Waals surface area (Å²) < 4.78 is 3.06. The van der Waals surface area contributed by atoms with E-state index in [2.05, 4.69) is 16.0 Å². The predicted molar refractivity (Wildman–Crippen MR) is 250 cm³/mol. The molecule has 3 aromatic carbocycles. The number of benzene rings is 3. The van der Waals surface area contributed by atoms with Crippen LogP contribution in [-0.2, 0) is 47.0 Å². The first-order chi connectivity index (χ1) is 32.2. The Labute approximate surface area is 390 Å². The minimum atomic E-state index is -1.08. The number of piperidine rings is 1. The Bertz CT molecular complexity index is 2530. The fourth-order valence-corrected chi connectivity index (χ4v) is 10.9. The highest BCUT2D eigenvalue weighted by Crippen LogP contribution is 2.36. The molecule has 1 unspecified atom stereocenters. The van der Waals surface area contributed by atoms with Gasteiger partial charge in [-0.1, -0.05) is 73.7 Å². The third-order valence-electron chi connectivity index (χ3n) is 14.6. The second kappa shape index (κ2) is 20.5. The molecule has 1 aliphatic carbocycles. The zero-order valence-electron chi connectivity index (χ0n) is 38.4. The number of amides is 7. The molecule has 5 atom stereocenters. The van der Waals surface area contributed by atoms with Crippen molar-refractivity contribution < 1.29 is 33.6 Å². The molecule has 0 spiro atoms.